The minimum absolute atomic E-state index is 0.103. The van der Waals surface area contributed by atoms with Gasteiger partial charge in [-0.25, -0.2) is 4.98 Å². The van der Waals surface area contributed by atoms with Gasteiger partial charge in [-0.2, -0.15) is 0 Å². The molecule has 2 aromatic rings. The molecule has 1 aliphatic carbocycles. The first kappa shape index (κ1) is 15.2. The van der Waals surface area contributed by atoms with Gasteiger partial charge in [0.2, 0.25) is 5.91 Å². The topological polar surface area (TPSA) is 57.8 Å². The quantitative estimate of drug-likeness (QED) is 0.806. The van der Waals surface area contributed by atoms with Crippen LogP contribution in [0.4, 0.5) is 0 Å². The van der Waals surface area contributed by atoms with E-state index in [-0.39, 0.29) is 11.2 Å². The van der Waals surface area contributed by atoms with Crippen LogP contribution in [-0.4, -0.2) is 27.2 Å². The summed E-state index contributed by atoms with van der Waals surface area (Å²) in [5.74, 6) is 0.103. The van der Waals surface area contributed by atoms with E-state index in [1.54, 1.807) is 0 Å². The number of hydrogen-bond donors (Lipinski definition) is 2. The van der Waals surface area contributed by atoms with E-state index in [1.807, 2.05) is 32.0 Å². The van der Waals surface area contributed by atoms with E-state index in [4.69, 9.17) is 0 Å². The third-order valence-electron chi connectivity index (χ3n) is 3.76. The first-order valence-electron chi connectivity index (χ1n) is 7.68. The third kappa shape index (κ3) is 3.91. The highest BCUT2D eigenvalue weighted by molar-refractivity contribution is 8.00. The number of aryl methyl sites for hydroxylation is 1. The minimum Gasteiger partial charge on any atom is -0.352 e. The van der Waals surface area contributed by atoms with E-state index < -0.39 is 0 Å². The molecule has 5 heteroatoms. The van der Waals surface area contributed by atoms with Gasteiger partial charge in [-0.15, -0.1) is 0 Å². The van der Waals surface area contributed by atoms with Crippen molar-refractivity contribution in [2.75, 3.05) is 0 Å². The summed E-state index contributed by atoms with van der Waals surface area (Å²) in [5, 5.41) is 3.73. The zero-order chi connectivity index (χ0) is 15.5. The Labute approximate surface area is 135 Å². The van der Waals surface area contributed by atoms with Crippen molar-refractivity contribution in [1.82, 2.24) is 15.3 Å². The predicted molar refractivity (Wildman–Crippen MR) is 89.1 cm³/mol. The smallest absolute Gasteiger partial charge is 0.233 e. The number of carbonyl (C=O) groups excluding carboxylic acids is 1. The lowest BCUT2D eigenvalue weighted by Crippen LogP contribution is -2.32. The molecule has 1 fully saturated rings. The van der Waals surface area contributed by atoms with Gasteiger partial charge in [0.15, 0.2) is 5.16 Å². The largest absolute Gasteiger partial charge is 0.352 e. The van der Waals surface area contributed by atoms with E-state index in [0.29, 0.717) is 6.04 Å². The molecule has 1 aromatic carbocycles. The van der Waals surface area contributed by atoms with Crippen LogP contribution in [0.25, 0.3) is 0 Å². The highest BCUT2D eigenvalue weighted by Gasteiger charge is 2.26. The number of aromatic nitrogens is 2. The average Bonchev–Trinajstić information content (AvgIpc) is 3.25. The van der Waals surface area contributed by atoms with Gasteiger partial charge < -0.3 is 10.3 Å². The Hall–Kier alpha value is -1.75. The van der Waals surface area contributed by atoms with E-state index in [0.717, 1.165) is 35.8 Å². The predicted octanol–water partition coefficient (Wildman–Crippen LogP) is 3.07. The Morgan fingerprint density at radius 2 is 2.14 bits per heavy atom. The molecule has 116 valence electrons. The van der Waals surface area contributed by atoms with Crippen molar-refractivity contribution in [1.29, 1.82) is 0 Å². The molecule has 0 bridgehead atoms. The van der Waals surface area contributed by atoms with Crippen LogP contribution in [-0.2, 0) is 11.2 Å². The summed E-state index contributed by atoms with van der Waals surface area (Å²) >= 11 is 1.49. The van der Waals surface area contributed by atoms with Gasteiger partial charge in [-0.3, -0.25) is 4.79 Å². The molecule has 1 aromatic heterocycles. The Balaban J connectivity index is 1.62. The van der Waals surface area contributed by atoms with Gasteiger partial charge in [-0.1, -0.05) is 42.1 Å². The number of H-pyrrole nitrogens is 1. The fourth-order valence-corrected chi connectivity index (χ4v) is 3.14. The van der Waals surface area contributed by atoms with Crippen LogP contribution in [0, 0.1) is 6.92 Å². The highest BCUT2D eigenvalue weighted by Crippen LogP contribution is 2.25. The maximum absolute atomic E-state index is 12.0. The Morgan fingerprint density at radius 3 is 2.82 bits per heavy atom. The number of carbonyl (C=O) groups is 1. The molecule has 1 heterocycles. The Morgan fingerprint density at radius 1 is 1.41 bits per heavy atom. The number of hydrogen-bond acceptors (Lipinski definition) is 3. The molecule has 0 unspecified atom stereocenters. The van der Waals surface area contributed by atoms with E-state index in [9.17, 15) is 4.79 Å². The summed E-state index contributed by atoms with van der Waals surface area (Å²) in [6.07, 6.45) is 3.04. The van der Waals surface area contributed by atoms with Crippen molar-refractivity contribution >= 4 is 17.7 Å². The summed E-state index contributed by atoms with van der Waals surface area (Å²) in [7, 11) is 0. The van der Waals surface area contributed by atoms with Crippen LogP contribution in [0.15, 0.2) is 35.5 Å². The highest BCUT2D eigenvalue weighted by atomic mass is 32.2. The molecule has 2 N–H and O–H groups in total. The zero-order valence-electron chi connectivity index (χ0n) is 12.9. The molecule has 1 saturated carbocycles. The van der Waals surface area contributed by atoms with Crippen LogP contribution >= 0.6 is 11.8 Å². The summed E-state index contributed by atoms with van der Waals surface area (Å²) < 4.78 is 0. The number of amides is 1. The lowest BCUT2D eigenvalue weighted by molar-refractivity contribution is -0.120. The fourth-order valence-electron chi connectivity index (χ4n) is 2.25. The van der Waals surface area contributed by atoms with E-state index >= 15 is 0 Å². The zero-order valence-corrected chi connectivity index (χ0v) is 13.7. The molecule has 1 atom stereocenters. The van der Waals surface area contributed by atoms with Gasteiger partial charge in [0.1, 0.15) is 0 Å². The van der Waals surface area contributed by atoms with E-state index in [1.165, 1.54) is 17.3 Å². The number of aromatic amines is 1. The summed E-state index contributed by atoms with van der Waals surface area (Å²) in [5.41, 5.74) is 3.36. The normalized spacial score (nSPS) is 15.5. The van der Waals surface area contributed by atoms with Gasteiger partial charge in [0.05, 0.1) is 10.9 Å². The van der Waals surface area contributed by atoms with Crippen LogP contribution in [0.5, 0.6) is 0 Å². The maximum Gasteiger partial charge on any atom is 0.233 e. The Kier molecular flexibility index (Phi) is 4.52. The number of nitrogens with one attached hydrogen (secondary N) is 2. The molecule has 0 aliphatic heterocycles. The summed E-state index contributed by atoms with van der Waals surface area (Å²) in [6.45, 7) is 3.96. The average molecular weight is 315 g/mol. The number of imidazole rings is 1. The van der Waals surface area contributed by atoms with Crippen LogP contribution in [0.2, 0.25) is 0 Å². The van der Waals surface area contributed by atoms with Gasteiger partial charge in [-0.05, 0) is 32.3 Å². The fraction of sp³-hybridized carbons (Fsp3) is 0.412. The maximum atomic E-state index is 12.0. The van der Waals surface area contributed by atoms with Crippen molar-refractivity contribution in [2.24, 2.45) is 0 Å². The molecule has 3 rings (SSSR count). The second-order valence-corrected chi connectivity index (χ2v) is 7.15. The molecule has 0 saturated heterocycles. The molecule has 1 aliphatic rings. The monoisotopic (exact) mass is 315 g/mol. The molecule has 1 amide bonds. The lowest BCUT2D eigenvalue weighted by Gasteiger charge is -2.09. The molecular weight excluding hydrogens is 294 g/mol. The van der Waals surface area contributed by atoms with E-state index in [2.05, 4.69) is 27.4 Å². The second-order valence-electron chi connectivity index (χ2n) is 5.82. The molecule has 4 nitrogen and oxygen atoms in total. The van der Waals surface area contributed by atoms with Crippen molar-refractivity contribution in [3.8, 4) is 0 Å². The number of nitrogens with zero attached hydrogens (tertiary/aromatic N) is 1. The second kappa shape index (κ2) is 6.57. The van der Waals surface area contributed by atoms with Crippen LogP contribution in [0.3, 0.4) is 0 Å². The van der Waals surface area contributed by atoms with Crippen molar-refractivity contribution in [3.05, 3.63) is 47.3 Å². The first-order valence-corrected chi connectivity index (χ1v) is 8.56. The van der Waals surface area contributed by atoms with Crippen LogP contribution in [0.1, 0.15) is 36.7 Å². The molecular formula is C17H21N3OS. The minimum atomic E-state index is -0.129. The van der Waals surface area contributed by atoms with Gasteiger partial charge in [0, 0.05) is 18.2 Å². The van der Waals surface area contributed by atoms with Crippen molar-refractivity contribution in [3.63, 3.8) is 0 Å². The standard InChI is InChI=1S/C17H21N3OS/c1-11-15(10-13-6-4-3-5-7-13)20-17(18-11)22-12(2)16(21)19-14-8-9-14/h3-7,12,14H,8-10H2,1-2H3,(H,18,20)(H,19,21)/t12-/m0/s1. The molecule has 0 spiro atoms. The van der Waals surface area contributed by atoms with Crippen LogP contribution < -0.4 is 5.32 Å². The third-order valence-corrected chi connectivity index (χ3v) is 4.74. The van der Waals surface area contributed by atoms with Gasteiger partial charge in [0.25, 0.3) is 0 Å². The number of benzene rings is 1. The Bertz CT molecular complexity index is 649. The SMILES string of the molecule is Cc1[nH]c(S[C@@H](C)C(=O)NC2CC2)nc1Cc1ccccc1. The molecule has 22 heavy (non-hydrogen) atoms. The first-order chi connectivity index (χ1) is 10.6. The lowest BCUT2D eigenvalue weighted by atomic mass is 10.1. The van der Waals surface area contributed by atoms with Gasteiger partial charge >= 0.3 is 0 Å². The number of thioether (sulfide) groups is 1. The van der Waals surface area contributed by atoms with Crippen molar-refractivity contribution < 1.29 is 4.79 Å². The molecule has 0 radical (unpaired) electrons. The summed E-state index contributed by atoms with van der Waals surface area (Å²) in [6, 6.07) is 10.7. The number of rotatable bonds is 6. The summed E-state index contributed by atoms with van der Waals surface area (Å²) in [4.78, 5) is 19.9. The van der Waals surface area contributed by atoms with Crippen molar-refractivity contribution in [2.45, 2.75) is 49.6 Å².